The highest BCUT2D eigenvalue weighted by Gasteiger charge is 2.14. The predicted molar refractivity (Wildman–Crippen MR) is 91.7 cm³/mol. The normalized spacial score (nSPS) is 10.8. The van der Waals surface area contributed by atoms with E-state index in [-0.39, 0.29) is 5.91 Å². The molecule has 0 saturated heterocycles. The molecule has 0 spiro atoms. The molecule has 0 fully saturated rings. The van der Waals surface area contributed by atoms with E-state index < -0.39 is 0 Å². The second-order valence-electron chi connectivity index (χ2n) is 4.20. The minimum Gasteiger partial charge on any atom is -0.319 e. The maximum Gasteiger partial charge on any atom is 0.255 e. The Morgan fingerprint density at radius 3 is 2.71 bits per heavy atom. The first kappa shape index (κ1) is 14.8. The molecule has 1 heterocycles. The molecule has 1 N–H and O–H groups in total. The van der Waals surface area contributed by atoms with Crippen LogP contribution < -0.4 is 5.32 Å². The number of thiazole rings is 1. The molecule has 3 aromatic rings. The van der Waals surface area contributed by atoms with Crippen LogP contribution in [0.2, 0.25) is 10.0 Å². The van der Waals surface area contributed by atoms with Gasteiger partial charge >= 0.3 is 0 Å². The molecule has 3 rings (SSSR count). The highest BCUT2D eigenvalue weighted by molar-refractivity contribution is 9.10. The van der Waals surface area contributed by atoms with Gasteiger partial charge in [-0.05, 0) is 46.3 Å². The zero-order chi connectivity index (χ0) is 15.0. The molecule has 0 radical (unpaired) electrons. The van der Waals surface area contributed by atoms with Crippen molar-refractivity contribution in [1.82, 2.24) is 4.98 Å². The fourth-order valence-corrected chi connectivity index (χ4v) is 3.23. The largest absolute Gasteiger partial charge is 0.319 e. The maximum atomic E-state index is 12.3. The molecular formula is C14H7BrCl2N2OS. The van der Waals surface area contributed by atoms with Crippen molar-refractivity contribution in [2.75, 3.05) is 5.32 Å². The Balaban J connectivity index is 1.98. The van der Waals surface area contributed by atoms with Crippen molar-refractivity contribution in [3.63, 3.8) is 0 Å². The van der Waals surface area contributed by atoms with E-state index in [0.717, 1.165) is 4.70 Å². The van der Waals surface area contributed by atoms with Crippen molar-refractivity contribution >= 4 is 72.3 Å². The summed E-state index contributed by atoms with van der Waals surface area (Å²) in [6.07, 6.45) is 0. The van der Waals surface area contributed by atoms with Gasteiger partial charge in [0.15, 0.2) is 0 Å². The number of anilines is 1. The van der Waals surface area contributed by atoms with Gasteiger partial charge in [-0.25, -0.2) is 4.98 Å². The number of rotatable bonds is 2. The third kappa shape index (κ3) is 2.92. The number of carbonyl (C=O) groups is 1. The van der Waals surface area contributed by atoms with E-state index in [1.807, 2.05) is 6.07 Å². The van der Waals surface area contributed by atoms with Gasteiger partial charge in [-0.2, -0.15) is 0 Å². The van der Waals surface area contributed by atoms with Gasteiger partial charge in [0.2, 0.25) is 0 Å². The Hall–Kier alpha value is -1.14. The monoisotopic (exact) mass is 400 g/mol. The second-order valence-corrected chi connectivity index (χ2v) is 6.76. The molecule has 7 heteroatoms. The number of nitrogens with zero attached hydrogens (tertiary/aromatic N) is 1. The van der Waals surface area contributed by atoms with Crippen molar-refractivity contribution in [2.24, 2.45) is 0 Å². The van der Waals surface area contributed by atoms with E-state index in [0.29, 0.717) is 31.3 Å². The summed E-state index contributed by atoms with van der Waals surface area (Å²) in [6, 6.07) is 8.59. The van der Waals surface area contributed by atoms with Gasteiger partial charge in [-0.3, -0.25) is 4.79 Å². The second kappa shape index (κ2) is 5.93. The minimum absolute atomic E-state index is 0.269. The van der Waals surface area contributed by atoms with Gasteiger partial charge in [0.1, 0.15) is 5.52 Å². The SMILES string of the molecule is O=C(Nc1c(Cl)ccc2scnc12)c1ccc(Cl)c(Br)c1. The van der Waals surface area contributed by atoms with Crippen LogP contribution in [0.4, 0.5) is 5.69 Å². The van der Waals surface area contributed by atoms with Crippen molar-refractivity contribution in [1.29, 1.82) is 0 Å². The molecule has 0 aliphatic rings. The van der Waals surface area contributed by atoms with Crippen LogP contribution in [0, 0.1) is 0 Å². The van der Waals surface area contributed by atoms with Crippen LogP contribution in [0.3, 0.4) is 0 Å². The predicted octanol–water partition coefficient (Wildman–Crippen LogP) is 5.62. The summed E-state index contributed by atoms with van der Waals surface area (Å²) in [4.78, 5) is 16.6. The summed E-state index contributed by atoms with van der Waals surface area (Å²) in [5.74, 6) is -0.269. The van der Waals surface area contributed by atoms with E-state index in [2.05, 4.69) is 26.2 Å². The number of amides is 1. The van der Waals surface area contributed by atoms with Crippen molar-refractivity contribution in [2.45, 2.75) is 0 Å². The van der Waals surface area contributed by atoms with Crippen molar-refractivity contribution < 1.29 is 4.79 Å². The van der Waals surface area contributed by atoms with Crippen molar-refractivity contribution in [3.8, 4) is 0 Å². The summed E-state index contributed by atoms with van der Waals surface area (Å²) in [6.45, 7) is 0. The summed E-state index contributed by atoms with van der Waals surface area (Å²) >= 11 is 16.9. The average molecular weight is 402 g/mol. The number of fused-ring (bicyclic) bond motifs is 1. The fourth-order valence-electron chi connectivity index (χ4n) is 1.85. The van der Waals surface area contributed by atoms with Crippen LogP contribution in [0.15, 0.2) is 40.3 Å². The summed E-state index contributed by atoms with van der Waals surface area (Å²) in [5.41, 5.74) is 3.41. The number of aromatic nitrogens is 1. The average Bonchev–Trinajstić information content (AvgIpc) is 2.93. The fraction of sp³-hybridized carbons (Fsp3) is 0. The Labute approximate surface area is 143 Å². The third-order valence-corrected chi connectivity index (χ3v) is 5.19. The van der Waals surface area contributed by atoms with Crippen LogP contribution in [0.25, 0.3) is 10.2 Å². The van der Waals surface area contributed by atoms with Crippen LogP contribution >= 0.6 is 50.5 Å². The van der Waals surface area contributed by atoms with E-state index in [4.69, 9.17) is 23.2 Å². The molecule has 0 bridgehead atoms. The van der Waals surface area contributed by atoms with E-state index in [1.54, 1.807) is 29.8 Å². The quantitative estimate of drug-likeness (QED) is 0.605. The van der Waals surface area contributed by atoms with Gasteiger partial charge in [-0.1, -0.05) is 23.2 Å². The molecular weight excluding hydrogens is 395 g/mol. The van der Waals surface area contributed by atoms with Gasteiger partial charge in [-0.15, -0.1) is 11.3 Å². The molecule has 0 saturated carbocycles. The molecule has 0 aliphatic carbocycles. The van der Waals surface area contributed by atoms with Gasteiger partial charge in [0.05, 0.1) is 25.9 Å². The molecule has 21 heavy (non-hydrogen) atoms. The Bertz CT molecular complexity index is 850. The molecule has 0 unspecified atom stereocenters. The molecule has 0 aliphatic heterocycles. The summed E-state index contributed by atoms with van der Waals surface area (Å²) < 4.78 is 1.63. The topological polar surface area (TPSA) is 42.0 Å². The highest BCUT2D eigenvalue weighted by atomic mass is 79.9. The smallest absolute Gasteiger partial charge is 0.255 e. The molecule has 1 aromatic heterocycles. The van der Waals surface area contributed by atoms with Crippen LogP contribution in [0.5, 0.6) is 0 Å². The van der Waals surface area contributed by atoms with Crippen LogP contribution in [-0.2, 0) is 0 Å². The lowest BCUT2D eigenvalue weighted by molar-refractivity contribution is 0.102. The lowest BCUT2D eigenvalue weighted by Gasteiger charge is -2.08. The van der Waals surface area contributed by atoms with Crippen LogP contribution in [-0.4, -0.2) is 10.9 Å². The maximum absolute atomic E-state index is 12.3. The highest BCUT2D eigenvalue weighted by Crippen LogP contribution is 2.33. The summed E-state index contributed by atoms with van der Waals surface area (Å²) in [5, 5.41) is 3.81. The third-order valence-electron chi connectivity index (χ3n) is 2.87. The lowest BCUT2D eigenvalue weighted by atomic mass is 10.2. The zero-order valence-electron chi connectivity index (χ0n) is 10.4. The van der Waals surface area contributed by atoms with Crippen LogP contribution in [0.1, 0.15) is 10.4 Å². The first-order valence-electron chi connectivity index (χ1n) is 5.84. The number of carbonyl (C=O) groups excluding carboxylic acids is 1. The first-order chi connectivity index (χ1) is 10.1. The van der Waals surface area contributed by atoms with E-state index >= 15 is 0 Å². The van der Waals surface area contributed by atoms with Gasteiger partial charge < -0.3 is 5.32 Å². The number of nitrogens with one attached hydrogen (secondary N) is 1. The molecule has 2 aromatic carbocycles. The minimum atomic E-state index is -0.269. The standard InChI is InChI=1S/C14H7BrCl2N2OS/c15-8-5-7(1-2-9(8)16)14(20)19-12-10(17)3-4-11-13(12)18-6-21-11/h1-6H,(H,19,20). The number of hydrogen-bond donors (Lipinski definition) is 1. The van der Waals surface area contributed by atoms with E-state index in [1.165, 1.54) is 11.3 Å². The Morgan fingerprint density at radius 2 is 1.95 bits per heavy atom. The summed E-state index contributed by atoms with van der Waals surface area (Å²) in [7, 11) is 0. The number of benzene rings is 2. The van der Waals surface area contributed by atoms with Crippen molar-refractivity contribution in [3.05, 3.63) is 55.9 Å². The van der Waals surface area contributed by atoms with E-state index in [9.17, 15) is 4.79 Å². The first-order valence-corrected chi connectivity index (χ1v) is 8.27. The van der Waals surface area contributed by atoms with Gasteiger partial charge in [0.25, 0.3) is 5.91 Å². The molecule has 1 amide bonds. The lowest BCUT2D eigenvalue weighted by Crippen LogP contribution is -2.12. The number of hydrogen-bond acceptors (Lipinski definition) is 3. The number of halogens is 3. The molecule has 3 nitrogen and oxygen atoms in total. The Kier molecular flexibility index (Phi) is 4.17. The zero-order valence-corrected chi connectivity index (χ0v) is 14.3. The molecule has 106 valence electrons. The Morgan fingerprint density at radius 1 is 1.19 bits per heavy atom. The van der Waals surface area contributed by atoms with Gasteiger partial charge in [0, 0.05) is 10.0 Å². The molecule has 0 atom stereocenters.